The van der Waals surface area contributed by atoms with Crippen LogP contribution >= 0.6 is 0 Å². The van der Waals surface area contributed by atoms with Crippen LogP contribution in [0.15, 0.2) is 0 Å². The number of hydrogen-bond donors (Lipinski definition) is 5. The summed E-state index contributed by atoms with van der Waals surface area (Å²) in [5, 5.41) is 32.5. The molecular formula is C13H28N2O6. The molecule has 2 unspecified atom stereocenters. The van der Waals surface area contributed by atoms with E-state index in [1.54, 1.807) is 0 Å². The topological polar surface area (TPSA) is 144 Å². The standard InChI is InChI=1S/C9H22N2.C4H6O6/c1-4-11(5-2)8-6-7-9(3)10;5-1(3(7)8)2(6)4(9)10/h9H,4-8,10H2,1-3H3;1-2,5-6H,(H,7,8)(H,9,10)/t9-;/m1./s1. The zero-order valence-corrected chi connectivity index (χ0v) is 12.9. The maximum absolute atomic E-state index is 9.77. The molecule has 0 aromatic heterocycles. The predicted octanol–water partition coefficient (Wildman–Crippen LogP) is -0.667. The second kappa shape index (κ2) is 12.5. The molecule has 0 radical (unpaired) electrons. The van der Waals surface area contributed by atoms with Gasteiger partial charge in [-0.2, -0.15) is 0 Å². The molecule has 0 aliphatic heterocycles. The van der Waals surface area contributed by atoms with Crippen molar-refractivity contribution in [1.82, 2.24) is 4.90 Å². The van der Waals surface area contributed by atoms with E-state index in [4.69, 9.17) is 26.2 Å². The van der Waals surface area contributed by atoms with E-state index < -0.39 is 24.1 Å². The monoisotopic (exact) mass is 308 g/mol. The molecule has 8 nitrogen and oxygen atoms in total. The molecule has 0 aromatic carbocycles. The highest BCUT2D eigenvalue weighted by molar-refractivity contribution is 5.83. The van der Waals surface area contributed by atoms with E-state index in [0.29, 0.717) is 6.04 Å². The first-order chi connectivity index (χ1) is 9.67. The number of carboxylic acid groups (broad SMARTS) is 2. The normalized spacial score (nSPS) is 14.8. The Balaban J connectivity index is 0. The summed E-state index contributed by atoms with van der Waals surface area (Å²) in [6.45, 7) is 10.0. The van der Waals surface area contributed by atoms with Crippen molar-refractivity contribution in [2.45, 2.75) is 51.9 Å². The van der Waals surface area contributed by atoms with E-state index in [0.717, 1.165) is 19.5 Å². The van der Waals surface area contributed by atoms with Crippen LogP contribution < -0.4 is 5.73 Å². The molecule has 0 aliphatic carbocycles. The van der Waals surface area contributed by atoms with Crippen LogP contribution in [0, 0.1) is 0 Å². The first kappa shape index (κ1) is 22.1. The van der Waals surface area contributed by atoms with Crippen molar-refractivity contribution < 1.29 is 30.0 Å². The Hall–Kier alpha value is -1.22. The quantitative estimate of drug-likeness (QED) is 0.377. The Bertz CT molecular complexity index is 276. The third-order valence-corrected chi connectivity index (χ3v) is 2.83. The Kier molecular flexibility index (Phi) is 13.2. The molecular weight excluding hydrogens is 280 g/mol. The minimum atomic E-state index is -2.27. The third kappa shape index (κ3) is 12.2. The van der Waals surface area contributed by atoms with E-state index in [-0.39, 0.29) is 0 Å². The summed E-state index contributed by atoms with van der Waals surface area (Å²) in [6, 6.07) is 0.366. The highest BCUT2D eigenvalue weighted by Crippen LogP contribution is 1.96. The molecule has 0 amide bonds. The van der Waals surface area contributed by atoms with Crippen molar-refractivity contribution in [3.8, 4) is 0 Å². The Labute approximate surface area is 125 Å². The average Bonchev–Trinajstić information content (AvgIpc) is 2.42. The molecule has 0 rings (SSSR count). The number of aliphatic hydroxyl groups is 2. The lowest BCUT2D eigenvalue weighted by molar-refractivity contribution is -0.165. The number of nitrogens with two attached hydrogens (primary N) is 1. The van der Waals surface area contributed by atoms with Crippen LogP contribution in [0.1, 0.15) is 33.6 Å². The zero-order chi connectivity index (χ0) is 17.0. The van der Waals surface area contributed by atoms with Crippen LogP contribution in [0.4, 0.5) is 0 Å². The van der Waals surface area contributed by atoms with Gasteiger partial charge in [0.15, 0.2) is 12.2 Å². The van der Waals surface area contributed by atoms with Gasteiger partial charge in [0.2, 0.25) is 0 Å². The zero-order valence-electron chi connectivity index (χ0n) is 12.9. The van der Waals surface area contributed by atoms with Gasteiger partial charge in [-0.3, -0.25) is 0 Å². The fourth-order valence-corrected chi connectivity index (χ4v) is 1.45. The number of aliphatic hydroxyl groups excluding tert-OH is 2. The molecule has 0 saturated carbocycles. The second-order valence-electron chi connectivity index (χ2n) is 4.71. The van der Waals surface area contributed by atoms with E-state index in [2.05, 4.69) is 25.7 Å². The fourth-order valence-electron chi connectivity index (χ4n) is 1.45. The number of nitrogens with zero attached hydrogens (tertiary/aromatic N) is 1. The molecule has 0 aromatic rings. The van der Waals surface area contributed by atoms with Crippen molar-refractivity contribution >= 4 is 11.9 Å². The van der Waals surface area contributed by atoms with Gasteiger partial charge in [0.05, 0.1) is 0 Å². The number of carbonyl (C=O) groups is 2. The van der Waals surface area contributed by atoms with Crippen LogP contribution in [-0.2, 0) is 9.59 Å². The lowest BCUT2D eigenvalue weighted by atomic mass is 10.2. The predicted molar refractivity (Wildman–Crippen MR) is 78.0 cm³/mol. The van der Waals surface area contributed by atoms with Crippen molar-refractivity contribution in [2.75, 3.05) is 19.6 Å². The minimum Gasteiger partial charge on any atom is -0.479 e. The number of rotatable bonds is 9. The molecule has 6 N–H and O–H groups in total. The molecule has 126 valence electrons. The van der Waals surface area contributed by atoms with Crippen LogP contribution in [-0.4, -0.2) is 75.1 Å². The molecule has 0 aliphatic rings. The number of aliphatic carboxylic acids is 2. The Morgan fingerprint density at radius 1 is 1.05 bits per heavy atom. The molecule has 21 heavy (non-hydrogen) atoms. The number of hydrogen-bond acceptors (Lipinski definition) is 6. The van der Waals surface area contributed by atoms with Gasteiger partial charge in [-0.1, -0.05) is 13.8 Å². The summed E-state index contributed by atoms with van der Waals surface area (Å²) in [5.41, 5.74) is 5.64. The lowest BCUT2D eigenvalue weighted by Gasteiger charge is -2.17. The van der Waals surface area contributed by atoms with E-state index in [1.165, 1.54) is 13.0 Å². The number of carboxylic acids is 2. The first-order valence-corrected chi connectivity index (χ1v) is 6.96. The van der Waals surface area contributed by atoms with Crippen molar-refractivity contribution in [3.05, 3.63) is 0 Å². The minimum absolute atomic E-state index is 0.366. The van der Waals surface area contributed by atoms with Gasteiger partial charge < -0.3 is 31.1 Å². The second-order valence-corrected chi connectivity index (χ2v) is 4.71. The Morgan fingerprint density at radius 3 is 1.67 bits per heavy atom. The van der Waals surface area contributed by atoms with Crippen LogP contribution in [0.25, 0.3) is 0 Å². The van der Waals surface area contributed by atoms with Crippen molar-refractivity contribution in [1.29, 1.82) is 0 Å². The summed E-state index contributed by atoms with van der Waals surface area (Å²) in [4.78, 5) is 22.0. The highest BCUT2D eigenvalue weighted by Gasteiger charge is 2.29. The summed E-state index contributed by atoms with van der Waals surface area (Å²) in [6.07, 6.45) is -2.15. The molecule has 0 spiro atoms. The summed E-state index contributed by atoms with van der Waals surface area (Å²) < 4.78 is 0. The van der Waals surface area contributed by atoms with Crippen LogP contribution in [0.3, 0.4) is 0 Å². The van der Waals surface area contributed by atoms with Gasteiger partial charge in [0.25, 0.3) is 0 Å². The van der Waals surface area contributed by atoms with Gasteiger partial charge in [-0.15, -0.1) is 0 Å². The van der Waals surface area contributed by atoms with E-state index in [9.17, 15) is 9.59 Å². The molecule has 3 atom stereocenters. The van der Waals surface area contributed by atoms with Crippen LogP contribution in [0.5, 0.6) is 0 Å². The smallest absolute Gasteiger partial charge is 0.335 e. The summed E-state index contributed by atoms with van der Waals surface area (Å²) >= 11 is 0. The van der Waals surface area contributed by atoms with Gasteiger partial charge in [0, 0.05) is 6.04 Å². The van der Waals surface area contributed by atoms with Crippen LogP contribution in [0.2, 0.25) is 0 Å². The third-order valence-electron chi connectivity index (χ3n) is 2.83. The van der Waals surface area contributed by atoms with Gasteiger partial charge in [0.1, 0.15) is 0 Å². The molecule has 0 bridgehead atoms. The highest BCUT2D eigenvalue weighted by atomic mass is 16.4. The molecule has 8 heteroatoms. The fraction of sp³-hybridized carbons (Fsp3) is 0.846. The van der Waals surface area contributed by atoms with Crippen molar-refractivity contribution in [3.63, 3.8) is 0 Å². The maximum atomic E-state index is 9.77. The largest absolute Gasteiger partial charge is 0.479 e. The molecule has 0 heterocycles. The van der Waals surface area contributed by atoms with E-state index >= 15 is 0 Å². The van der Waals surface area contributed by atoms with Gasteiger partial charge in [-0.05, 0) is 39.4 Å². The lowest BCUT2D eigenvalue weighted by Crippen LogP contribution is -2.39. The molecule has 0 fully saturated rings. The summed E-state index contributed by atoms with van der Waals surface area (Å²) in [5.74, 6) is -3.54. The Morgan fingerprint density at radius 2 is 1.43 bits per heavy atom. The average molecular weight is 308 g/mol. The van der Waals surface area contributed by atoms with Crippen molar-refractivity contribution in [2.24, 2.45) is 5.73 Å². The van der Waals surface area contributed by atoms with E-state index in [1.807, 2.05) is 0 Å². The maximum Gasteiger partial charge on any atom is 0.335 e. The SMILES string of the molecule is CCN(CC)CCC[C@@H](C)N.O=C(O)C(O)C(O)C(=O)O. The first-order valence-electron chi connectivity index (χ1n) is 6.96. The molecule has 0 saturated heterocycles. The van der Waals surface area contributed by atoms with Gasteiger partial charge in [-0.25, -0.2) is 9.59 Å². The summed E-state index contributed by atoms with van der Waals surface area (Å²) in [7, 11) is 0. The van der Waals surface area contributed by atoms with Gasteiger partial charge >= 0.3 is 11.9 Å².